The van der Waals surface area contributed by atoms with Gasteiger partial charge in [0.25, 0.3) is 5.91 Å². The first-order valence-corrected chi connectivity index (χ1v) is 7.33. The monoisotopic (exact) mass is 301 g/mol. The van der Waals surface area contributed by atoms with Crippen LogP contribution in [-0.2, 0) is 4.74 Å². The van der Waals surface area contributed by atoms with Gasteiger partial charge in [-0.1, -0.05) is 0 Å². The molecule has 1 aromatic carbocycles. The van der Waals surface area contributed by atoms with Crippen molar-refractivity contribution in [2.75, 3.05) is 13.1 Å². The Morgan fingerprint density at radius 2 is 2.00 bits per heavy atom. The number of carbonyl (C=O) groups excluding carboxylic acids is 1. The number of hydrogen-bond donors (Lipinski definition) is 0. The fourth-order valence-electron chi connectivity index (χ4n) is 2.84. The fraction of sp³-hybridized carbons (Fsp3) is 0.467. The highest BCUT2D eigenvalue weighted by Gasteiger charge is 2.26. The maximum atomic E-state index is 12.7. The largest absolute Gasteiger partial charge is 0.372 e. The van der Waals surface area contributed by atoms with E-state index in [4.69, 9.17) is 4.74 Å². The zero-order valence-electron chi connectivity index (χ0n) is 12.9. The van der Waals surface area contributed by atoms with Crippen LogP contribution in [0, 0.1) is 6.92 Å². The van der Waals surface area contributed by atoms with Gasteiger partial charge >= 0.3 is 0 Å². The van der Waals surface area contributed by atoms with Gasteiger partial charge in [0.15, 0.2) is 0 Å². The molecule has 0 N–H and O–H groups in total. The normalized spacial score (nSPS) is 21.9. The number of benzene rings is 1. The zero-order chi connectivity index (χ0) is 15.7. The summed E-state index contributed by atoms with van der Waals surface area (Å²) in [5, 5.41) is 11.1. The number of morpholine rings is 1. The minimum absolute atomic E-state index is 0.0355. The molecule has 1 fully saturated rings. The molecule has 0 unspecified atom stereocenters. The first-order chi connectivity index (χ1) is 10.5. The van der Waals surface area contributed by atoms with Gasteiger partial charge in [0.1, 0.15) is 6.33 Å². The van der Waals surface area contributed by atoms with Gasteiger partial charge < -0.3 is 9.64 Å². The maximum Gasteiger partial charge on any atom is 0.254 e. The molecule has 0 bridgehead atoms. The SMILES string of the molecule is Cc1cc(C(=O)N2C[C@H](C)O[C@@H](C)C2)ccc1-n1cnnn1. The number of ether oxygens (including phenoxy) is 1. The summed E-state index contributed by atoms with van der Waals surface area (Å²) >= 11 is 0. The third-order valence-corrected chi connectivity index (χ3v) is 3.75. The van der Waals surface area contributed by atoms with Crippen LogP contribution in [0.1, 0.15) is 29.8 Å². The van der Waals surface area contributed by atoms with Crippen molar-refractivity contribution >= 4 is 5.91 Å². The van der Waals surface area contributed by atoms with E-state index in [2.05, 4.69) is 15.5 Å². The lowest BCUT2D eigenvalue weighted by atomic mass is 10.1. The van der Waals surface area contributed by atoms with Crippen LogP contribution in [0.5, 0.6) is 0 Å². The van der Waals surface area contributed by atoms with Crippen molar-refractivity contribution in [3.8, 4) is 5.69 Å². The van der Waals surface area contributed by atoms with E-state index in [1.54, 1.807) is 4.68 Å². The highest BCUT2D eigenvalue weighted by Crippen LogP contribution is 2.18. The van der Waals surface area contributed by atoms with Crippen LogP contribution in [0.3, 0.4) is 0 Å². The van der Waals surface area contributed by atoms with Crippen LogP contribution >= 0.6 is 0 Å². The second-order valence-corrected chi connectivity index (χ2v) is 5.72. The summed E-state index contributed by atoms with van der Waals surface area (Å²) in [6.45, 7) is 7.16. The Bertz CT molecular complexity index is 661. The molecule has 2 aromatic rings. The molecule has 0 aliphatic carbocycles. The molecule has 0 spiro atoms. The fourth-order valence-corrected chi connectivity index (χ4v) is 2.84. The van der Waals surface area contributed by atoms with Crippen LogP contribution < -0.4 is 0 Å². The molecule has 1 amide bonds. The third kappa shape index (κ3) is 2.85. The van der Waals surface area contributed by atoms with Gasteiger partial charge in [0.05, 0.1) is 17.9 Å². The van der Waals surface area contributed by atoms with Crippen LogP contribution in [0.2, 0.25) is 0 Å². The average molecular weight is 301 g/mol. The summed E-state index contributed by atoms with van der Waals surface area (Å²) in [5.41, 5.74) is 2.49. The van der Waals surface area contributed by atoms with E-state index in [0.717, 1.165) is 11.3 Å². The molecule has 0 radical (unpaired) electrons. The molecule has 3 rings (SSSR count). The number of nitrogens with zero attached hydrogens (tertiary/aromatic N) is 5. The lowest BCUT2D eigenvalue weighted by Gasteiger charge is -2.35. The van der Waals surface area contributed by atoms with Crippen molar-refractivity contribution < 1.29 is 9.53 Å². The first kappa shape index (κ1) is 14.6. The van der Waals surface area contributed by atoms with Gasteiger partial charge in [-0.2, -0.15) is 0 Å². The Balaban J connectivity index is 1.83. The van der Waals surface area contributed by atoms with Gasteiger partial charge in [-0.25, -0.2) is 4.68 Å². The molecular formula is C15H19N5O2. The zero-order valence-corrected chi connectivity index (χ0v) is 12.9. The predicted molar refractivity (Wildman–Crippen MR) is 79.8 cm³/mol. The quantitative estimate of drug-likeness (QED) is 0.834. The first-order valence-electron chi connectivity index (χ1n) is 7.33. The Hall–Kier alpha value is -2.28. The molecule has 2 heterocycles. The topological polar surface area (TPSA) is 73.1 Å². The highest BCUT2D eigenvalue weighted by atomic mass is 16.5. The number of carbonyl (C=O) groups is 1. The molecule has 0 saturated carbocycles. The number of aromatic nitrogens is 4. The summed E-state index contributed by atoms with van der Waals surface area (Å²) in [4.78, 5) is 14.5. The minimum Gasteiger partial charge on any atom is -0.372 e. The minimum atomic E-state index is 0.0355. The Labute approximate surface area is 128 Å². The molecule has 1 aliphatic heterocycles. The maximum absolute atomic E-state index is 12.7. The molecular weight excluding hydrogens is 282 g/mol. The molecule has 116 valence electrons. The second-order valence-electron chi connectivity index (χ2n) is 5.72. The van der Waals surface area contributed by atoms with Crippen molar-refractivity contribution in [3.63, 3.8) is 0 Å². The average Bonchev–Trinajstić information content (AvgIpc) is 2.99. The summed E-state index contributed by atoms with van der Waals surface area (Å²) in [5.74, 6) is 0.0355. The predicted octanol–water partition coefficient (Wildman–Crippen LogP) is 1.22. The second kappa shape index (κ2) is 5.84. The molecule has 2 atom stereocenters. The van der Waals surface area contributed by atoms with E-state index in [1.807, 2.05) is 43.9 Å². The Morgan fingerprint density at radius 1 is 1.27 bits per heavy atom. The molecule has 22 heavy (non-hydrogen) atoms. The van der Waals surface area contributed by atoms with E-state index >= 15 is 0 Å². The van der Waals surface area contributed by atoms with Gasteiger partial charge in [-0.3, -0.25) is 4.79 Å². The molecule has 1 saturated heterocycles. The van der Waals surface area contributed by atoms with Crippen molar-refractivity contribution in [1.82, 2.24) is 25.1 Å². The lowest BCUT2D eigenvalue weighted by molar-refractivity contribution is -0.0586. The van der Waals surface area contributed by atoms with Crippen LogP contribution in [-0.4, -0.2) is 56.3 Å². The van der Waals surface area contributed by atoms with Gasteiger partial charge in [-0.15, -0.1) is 5.10 Å². The smallest absolute Gasteiger partial charge is 0.254 e. The highest BCUT2D eigenvalue weighted by molar-refractivity contribution is 5.94. The van der Waals surface area contributed by atoms with E-state index in [-0.39, 0.29) is 18.1 Å². The van der Waals surface area contributed by atoms with E-state index in [1.165, 1.54) is 6.33 Å². The van der Waals surface area contributed by atoms with Crippen molar-refractivity contribution in [3.05, 3.63) is 35.7 Å². The number of tetrazole rings is 1. The lowest BCUT2D eigenvalue weighted by Crippen LogP contribution is -2.48. The molecule has 1 aromatic heterocycles. The van der Waals surface area contributed by atoms with Crippen molar-refractivity contribution in [2.45, 2.75) is 33.0 Å². The van der Waals surface area contributed by atoms with E-state index in [9.17, 15) is 4.79 Å². The standard InChI is InChI=1S/C15H19N5O2/c1-10-6-13(4-5-14(10)20-9-16-17-18-20)15(21)19-7-11(2)22-12(3)8-19/h4-6,9,11-12H,7-8H2,1-3H3/t11-,12-/m0/s1. The van der Waals surface area contributed by atoms with Gasteiger partial charge in [0, 0.05) is 18.7 Å². The summed E-state index contributed by atoms with van der Waals surface area (Å²) in [6.07, 6.45) is 1.67. The number of rotatable bonds is 2. The summed E-state index contributed by atoms with van der Waals surface area (Å²) in [7, 11) is 0. The summed E-state index contributed by atoms with van der Waals surface area (Å²) < 4.78 is 7.26. The van der Waals surface area contributed by atoms with Gasteiger partial charge in [0.2, 0.25) is 0 Å². The van der Waals surface area contributed by atoms with Gasteiger partial charge in [-0.05, 0) is 55.0 Å². The number of aryl methyl sites for hydroxylation is 1. The number of hydrogen-bond acceptors (Lipinski definition) is 5. The van der Waals surface area contributed by atoms with E-state index in [0.29, 0.717) is 18.7 Å². The third-order valence-electron chi connectivity index (χ3n) is 3.75. The van der Waals surface area contributed by atoms with Crippen molar-refractivity contribution in [2.24, 2.45) is 0 Å². The Morgan fingerprint density at radius 3 is 2.59 bits per heavy atom. The van der Waals surface area contributed by atoms with Crippen LogP contribution in [0.25, 0.3) is 5.69 Å². The van der Waals surface area contributed by atoms with Crippen molar-refractivity contribution in [1.29, 1.82) is 0 Å². The van der Waals surface area contributed by atoms with Crippen LogP contribution in [0.4, 0.5) is 0 Å². The Kier molecular flexibility index (Phi) is 3.89. The molecule has 1 aliphatic rings. The van der Waals surface area contributed by atoms with E-state index < -0.39 is 0 Å². The molecule has 7 nitrogen and oxygen atoms in total. The summed E-state index contributed by atoms with van der Waals surface area (Å²) in [6, 6.07) is 5.56. The number of amides is 1. The molecule has 7 heteroatoms. The van der Waals surface area contributed by atoms with Crippen LogP contribution in [0.15, 0.2) is 24.5 Å².